The fraction of sp³-hybridized carbons (Fsp3) is 0.261. The molecule has 0 atom stereocenters. The first-order valence-electron chi connectivity index (χ1n) is 9.85. The van der Waals surface area contributed by atoms with E-state index < -0.39 is 0 Å². The highest BCUT2D eigenvalue weighted by Crippen LogP contribution is 2.15. The number of carbonyl (C=O) groups is 1. The van der Waals surface area contributed by atoms with Crippen molar-refractivity contribution in [2.24, 2.45) is 4.99 Å². The van der Waals surface area contributed by atoms with E-state index in [0.29, 0.717) is 23.1 Å². The summed E-state index contributed by atoms with van der Waals surface area (Å²) in [5.41, 5.74) is 5.49. The second-order valence-corrected chi connectivity index (χ2v) is 7.53. The minimum atomic E-state index is -0.283. The number of anilines is 1. The first-order valence-corrected chi connectivity index (χ1v) is 10.2. The number of aryl methyl sites for hydroxylation is 3. The molecule has 0 unspecified atom stereocenters. The van der Waals surface area contributed by atoms with Crippen LogP contribution in [0.25, 0.3) is 0 Å². The summed E-state index contributed by atoms with van der Waals surface area (Å²) >= 11 is 6.03. The maximum atomic E-state index is 12.8. The number of carbonyl (C=O) groups excluding carboxylic acids is 1. The number of aliphatic imine (C=N–C) groups is 1. The third-order valence-corrected chi connectivity index (χ3v) is 5.06. The Hall–Kier alpha value is -3.12. The number of rotatable bonds is 5. The van der Waals surface area contributed by atoms with Crippen LogP contribution in [0.5, 0.6) is 0 Å². The largest absolute Gasteiger partial charge is 0.326 e. The Labute approximate surface area is 182 Å². The highest BCUT2D eigenvalue weighted by molar-refractivity contribution is 6.31. The molecule has 0 aliphatic heterocycles. The predicted molar refractivity (Wildman–Crippen MR) is 122 cm³/mol. The number of guanidine groups is 1. The van der Waals surface area contributed by atoms with E-state index in [4.69, 9.17) is 11.6 Å². The predicted octanol–water partition coefficient (Wildman–Crippen LogP) is 4.88. The Morgan fingerprint density at radius 1 is 1.13 bits per heavy atom. The van der Waals surface area contributed by atoms with E-state index in [1.54, 1.807) is 24.3 Å². The Morgan fingerprint density at radius 3 is 2.57 bits per heavy atom. The van der Waals surface area contributed by atoms with Gasteiger partial charge in [0.2, 0.25) is 5.96 Å². The van der Waals surface area contributed by atoms with Gasteiger partial charge in [0.05, 0.1) is 12.2 Å². The summed E-state index contributed by atoms with van der Waals surface area (Å²) < 4.78 is 1.96. The molecule has 1 heterocycles. The number of amides is 1. The second-order valence-electron chi connectivity index (χ2n) is 7.09. The molecule has 7 heteroatoms. The number of halogens is 1. The van der Waals surface area contributed by atoms with Crippen molar-refractivity contribution in [3.05, 3.63) is 81.6 Å². The minimum absolute atomic E-state index is 0.283. The Bertz CT molecular complexity index is 1090. The monoisotopic (exact) mass is 423 g/mol. The summed E-state index contributed by atoms with van der Waals surface area (Å²) in [7, 11) is 0. The van der Waals surface area contributed by atoms with Gasteiger partial charge in [0.15, 0.2) is 0 Å². The third kappa shape index (κ3) is 5.27. The number of hydrogen-bond acceptors (Lipinski definition) is 3. The van der Waals surface area contributed by atoms with Gasteiger partial charge in [-0.25, -0.2) is 4.99 Å². The second kappa shape index (κ2) is 9.59. The molecular formula is C23H26ClN5O. The van der Waals surface area contributed by atoms with E-state index in [2.05, 4.69) is 27.6 Å². The molecule has 1 amide bonds. The van der Waals surface area contributed by atoms with Gasteiger partial charge in [-0.05, 0) is 63.6 Å². The first-order chi connectivity index (χ1) is 14.4. The zero-order valence-electron chi connectivity index (χ0n) is 17.7. The fourth-order valence-electron chi connectivity index (χ4n) is 3.21. The molecule has 0 radical (unpaired) electrons. The van der Waals surface area contributed by atoms with Gasteiger partial charge in [0, 0.05) is 34.1 Å². The van der Waals surface area contributed by atoms with Crippen LogP contribution in [0, 0.1) is 20.8 Å². The molecule has 156 valence electrons. The van der Waals surface area contributed by atoms with Crippen LogP contribution in [0.15, 0.2) is 53.5 Å². The van der Waals surface area contributed by atoms with Crippen LogP contribution in [0.2, 0.25) is 5.02 Å². The van der Waals surface area contributed by atoms with Crippen molar-refractivity contribution in [3.63, 3.8) is 0 Å². The van der Waals surface area contributed by atoms with Crippen LogP contribution in [0.1, 0.15) is 39.8 Å². The van der Waals surface area contributed by atoms with Crippen molar-refractivity contribution in [1.29, 1.82) is 0 Å². The lowest BCUT2D eigenvalue weighted by atomic mass is 10.2. The topological polar surface area (TPSA) is 71.3 Å². The maximum absolute atomic E-state index is 12.8. The molecular weight excluding hydrogens is 398 g/mol. The number of benzene rings is 2. The summed E-state index contributed by atoms with van der Waals surface area (Å²) in [6, 6.07) is 14.7. The van der Waals surface area contributed by atoms with E-state index in [-0.39, 0.29) is 5.91 Å². The first kappa shape index (κ1) is 21.6. The molecule has 2 N–H and O–H groups in total. The van der Waals surface area contributed by atoms with Gasteiger partial charge in [-0.2, -0.15) is 5.10 Å². The fourth-order valence-corrected chi connectivity index (χ4v) is 3.40. The molecule has 6 nitrogen and oxygen atoms in total. The number of nitrogens with zero attached hydrogens (tertiary/aromatic N) is 3. The Balaban J connectivity index is 1.87. The highest BCUT2D eigenvalue weighted by atomic mass is 35.5. The van der Waals surface area contributed by atoms with Crippen molar-refractivity contribution < 1.29 is 4.79 Å². The van der Waals surface area contributed by atoms with Gasteiger partial charge in [-0.3, -0.25) is 14.8 Å². The zero-order chi connectivity index (χ0) is 21.7. The Morgan fingerprint density at radius 2 is 1.90 bits per heavy atom. The molecule has 0 bridgehead atoms. The van der Waals surface area contributed by atoms with Gasteiger partial charge in [0.1, 0.15) is 0 Å². The molecule has 0 saturated carbocycles. The van der Waals surface area contributed by atoms with Crippen LogP contribution in [-0.2, 0) is 13.1 Å². The van der Waals surface area contributed by atoms with Crippen LogP contribution >= 0.6 is 11.6 Å². The summed E-state index contributed by atoms with van der Waals surface area (Å²) in [5.74, 6) is 0.0859. The number of nitrogens with one attached hydrogen (secondary N) is 2. The quantitative estimate of drug-likeness (QED) is 0.453. The highest BCUT2D eigenvalue weighted by Gasteiger charge is 2.13. The molecule has 30 heavy (non-hydrogen) atoms. The third-order valence-electron chi connectivity index (χ3n) is 4.83. The zero-order valence-corrected chi connectivity index (χ0v) is 18.4. The summed E-state index contributed by atoms with van der Waals surface area (Å²) in [6.07, 6.45) is 0. The molecule has 0 aliphatic rings. The van der Waals surface area contributed by atoms with E-state index in [1.165, 1.54) is 0 Å². The lowest BCUT2D eigenvalue weighted by Crippen LogP contribution is -2.36. The molecule has 3 rings (SSSR count). The van der Waals surface area contributed by atoms with Crippen LogP contribution < -0.4 is 10.6 Å². The van der Waals surface area contributed by atoms with E-state index >= 15 is 0 Å². The van der Waals surface area contributed by atoms with E-state index in [1.807, 2.05) is 49.7 Å². The van der Waals surface area contributed by atoms with Crippen LogP contribution in [-0.4, -0.2) is 21.6 Å². The molecule has 0 fully saturated rings. The number of aromatic nitrogens is 2. The van der Waals surface area contributed by atoms with Gasteiger partial charge in [-0.15, -0.1) is 0 Å². The van der Waals surface area contributed by atoms with Crippen molar-refractivity contribution in [2.75, 3.05) is 5.32 Å². The van der Waals surface area contributed by atoms with Crippen molar-refractivity contribution in [2.45, 2.75) is 40.8 Å². The van der Waals surface area contributed by atoms with Gasteiger partial charge in [0.25, 0.3) is 5.91 Å². The molecule has 0 spiro atoms. The lowest BCUT2D eigenvalue weighted by Gasteiger charge is -2.13. The van der Waals surface area contributed by atoms with Gasteiger partial charge in [-0.1, -0.05) is 29.8 Å². The molecule has 0 aliphatic carbocycles. The Kier molecular flexibility index (Phi) is 6.90. The summed E-state index contributed by atoms with van der Waals surface area (Å²) in [5, 5.41) is 11.1. The van der Waals surface area contributed by atoms with E-state index in [0.717, 1.165) is 34.7 Å². The average molecular weight is 424 g/mol. The van der Waals surface area contributed by atoms with E-state index in [9.17, 15) is 4.79 Å². The van der Waals surface area contributed by atoms with Gasteiger partial charge >= 0.3 is 0 Å². The molecule has 2 aromatic carbocycles. The minimum Gasteiger partial charge on any atom is -0.326 e. The van der Waals surface area contributed by atoms with Crippen molar-refractivity contribution in [3.8, 4) is 0 Å². The average Bonchev–Trinajstić information content (AvgIpc) is 2.99. The van der Waals surface area contributed by atoms with Crippen LogP contribution in [0.3, 0.4) is 0 Å². The van der Waals surface area contributed by atoms with Crippen molar-refractivity contribution >= 4 is 29.2 Å². The van der Waals surface area contributed by atoms with Crippen molar-refractivity contribution in [1.82, 2.24) is 15.1 Å². The smallest absolute Gasteiger partial charge is 0.258 e. The molecule has 3 aromatic rings. The SMILES string of the molecule is CCn1nc(C)c(CN=C(NC(=O)c2cccc(Cl)c2)Nc2cccc(C)c2)c1C. The standard InChI is InChI=1S/C23H26ClN5O/c1-5-29-17(4)21(16(3)28-29)14-25-23(26-20-11-6-8-15(2)12-20)27-22(30)18-9-7-10-19(24)13-18/h6-13H,5,14H2,1-4H3,(H2,25,26,27,30). The molecule has 1 aromatic heterocycles. The summed E-state index contributed by atoms with van der Waals surface area (Å²) in [4.78, 5) is 17.4. The normalized spacial score (nSPS) is 11.4. The maximum Gasteiger partial charge on any atom is 0.258 e. The molecule has 0 saturated heterocycles. The van der Waals surface area contributed by atoms with Gasteiger partial charge < -0.3 is 5.32 Å². The van der Waals surface area contributed by atoms with Crippen LogP contribution in [0.4, 0.5) is 5.69 Å². The summed E-state index contributed by atoms with van der Waals surface area (Å²) in [6.45, 7) is 9.29. The number of hydrogen-bond donors (Lipinski definition) is 2. The lowest BCUT2D eigenvalue weighted by molar-refractivity contribution is 0.0977.